The summed E-state index contributed by atoms with van der Waals surface area (Å²) in [5.74, 6) is -0.264. The van der Waals surface area contributed by atoms with Crippen LogP contribution in [0.15, 0.2) is 42.6 Å². The van der Waals surface area contributed by atoms with E-state index in [9.17, 15) is 22.8 Å². The van der Waals surface area contributed by atoms with Crippen LogP contribution in [0.5, 0.6) is 0 Å². The van der Waals surface area contributed by atoms with Crippen LogP contribution in [0.3, 0.4) is 0 Å². The lowest BCUT2D eigenvalue weighted by Gasteiger charge is -2.30. The van der Waals surface area contributed by atoms with Gasteiger partial charge in [-0.3, -0.25) is 4.79 Å². The van der Waals surface area contributed by atoms with E-state index in [-0.39, 0.29) is 24.2 Å². The average Bonchev–Trinajstić information content (AvgIpc) is 3.12. The topological polar surface area (TPSA) is 66.8 Å². The Morgan fingerprint density at radius 3 is 2.31 bits per heavy atom. The number of rotatable bonds is 9. The Kier molecular flexibility index (Phi) is 8.71. The maximum Gasteiger partial charge on any atom is 0.416 e. The largest absolute Gasteiger partial charge is 0.416 e. The van der Waals surface area contributed by atoms with Crippen LogP contribution in [0, 0.1) is 0 Å². The van der Waals surface area contributed by atoms with Crippen molar-refractivity contribution in [3.8, 4) is 0 Å². The fraction of sp³-hybridized carbons (Fsp3) is 0.455. The van der Waals surface area contributed by atoms with Gasteiger partial charge in [-0.1, -0.05) is 0 Å². The molecule has 3 amide bonds. The van der Waals surface area contributed by atoms with Gasteiger partial charge < -0.3 is 24.4 Å². The van der Waals surface area contributed by atoms with Crippen molar-refractivity contribution in [2.45, 2.75) is 32.6 Å². The number of methoxy groups -OCH3 is 1. The first-order chi connectivity index (χ1) is 15.0. The number of carbonyl (C=O) groups is 2. The highest BCUT2D eigenvalue weighted by atomic mass is 19.4. The van der Waals surface area contributed by atoms with E-state index < -0.39 is 17.8 Å². The lowest BCUT2D eigenvalue weighted by Crippen LogP contribution is -2.48. The molecule has 0 aliphatic heterocycles. The van der Waals surface area contributed by atoms with Crippen LogP contribution in [-0.4, -0.2) is 59.2 Å². The van der Waals surface area contributed by atoms with E-state index in [4.69, 9.17) is 4.74 Å². The first-order valence-electron chi connectivity index (χ1n) is 10.1. The maximum absolute atomic E-state index is 13.0. The van der Waals surface area contributed by atoms with E-state index in [1.165, 1.54) is 17.0 Å². The zero-order chi connectivity index (χ0) is 23.9. The first-order valence-corrected chi connectivity index (χ1v) is 10.1. The summed E-state index contributed by atoms with van der Waals surface area (Å²) in [6.45, 7) is 4.39. The fourth-order valence-corrected chi connectivity index (χ4v) is 3.02. The minimum absolute atomic E-state index is 0.182. The Labute approximate surface area is 185 Å². The molecule has 10 heteroatoms. The molecule has 1 heterocycles. The summed E-state index contributed by atoms with van der Waals surface area (Å²) in [6, 6.07) is 7.06. The number of alkyl halides is 3. The third-order valence-electron chi connectivity index (χ3n) is 4.98. The molecule has 1 aromatic heterocycles. The van der Waals surface area contributed by atoms with E-state index in [2.05, 4.69) is 5.32 Å². The molecule has 0 aliphatic rings. The standard InChI is InChI=1S/C22H29F3N4O3/c1-16(2)29(21(31)26-18-9-7-17(8-10-18)22(23,24)25)15-20(30)28(12-13-32-4)14-19-6-5-11-27(19)3/h5-11,16H,12-15H2,1-4H3,(H,26,31). The van der Waals surface area contributed by atoms with E-state index in [1.807, 2.05) is 29.9 Å². The molecule has 2 aromatic rings. The van der Waals surface area contributed by atoms with Crippen LogP contribution in [0.2, 0.25) is 0 Å². The molecule has 0 unspecified atom stereocenters. The predicted octanol–water partition coefficient (Wildman–Crippen LogP) is 3.96. The summed E-state index contributed by atoms with van der Waals surface area (Å²) >= 11 is 0. The van der Waals surface area contributed by atoms with E-state index >= 15 is 0 Å². The van der Waals surface area contributed by atoms with Gasteiger partial charge in [0.25, 0.3) is 0 Å². The second-order valence-electron chi connectivity index (χ2n) is 7.65. The zero-order valence-electron chi connectivity index (χ0n) is 18.6. The van der Waals surface area contributed by atoms with Gasteiger partial charge >= 0.3 is 12.2 Å². The molecule has 7 nitrogen and oxygen atoms in total. The highest BCUT2D eigenvalue weighted by Crippen LogP contribution is 2.29. The lowest BCUT2D eigenvalue weighted by molar-refractivity contribution is -0.137. The number of halogens is 3. The minimum atomic E-state index is -4.46. The molecule has 0 bridgehead atoms. The third-order valence-corrected chi connectivity index (χ3v) is 4.98. The number of urea groups is 1. The van der Waals surface area contributed by atoms with Crippen molar-refractivity contribution < 1.29 is 27.5 Å². The minimum Gasteiger partial charge on any atom is -0.383 e. The Bertz CT molecular complexity index is 895. The first kappa shape index (κ1) is 25.3. The highest BCUT2D eigenvalue weighted by molar-refractivity contribution is 5.92. The molecule has 0 aliphatic carbocycles. The Hall–Kier alpha value is -3.01. The summed E-state index contributed by atoms with van der Waals surface area (Å²) in [7, 11) is 3.43. The van der Waals surface area contributed by atoms with Crippen LogP contribution < -0.4 is 5.32 Å². The van der Waals surface area contributed by atoms with Crippen LogP contribution in [0.25, 0.3) is 0 Å². The zero-order valence-corrected chi connectivity index (χ0v) is 18.6. The SMILES string of the molecule is COCCN(Cc1cccn1C)C(=O)CN(C(=O)Nc1ccc(C(F)(F)F)cc1)C(C)C. The summed E-state index contributed by atoms with van der Waals surface area (Å²) in [5.41, 5.74) is 0.335. The molecule has 0 fully saturated rings. The van der Waals surface area contributed by atoms with Crippen molar-refractivity contribution in [2.75, 3.05) is 32.1 Å². The number of anilines is 1. The quantitative estimate of drug-likeness (QED) is 0.624. The molecule has 0 spiro atoms. The van der Waals surface area contributed by atoms with Gasteiger partial charge in [0.15, 0.2) is 0 Å². The summed E-state index contributed by atoms with van der Waals surface area (Å²) in [4.78, 5) is 28.7. The molecule has 0 radical (unpaired) electrons. The number of nitrogens with zero attached hydrogens (tertiary/aromatic N) is 3. The number of hydrogen-bond donors (Lipinski definition) is 1. The van der Waals surface area contributed by atoms with Gasteiger partial charge in [0.1, 0.15) is 6.54 Å². The highest BCUT2D eigenvalue weighted by Gasteiger charge is 2.30. The molecular formula is C22H29F3N4O3. The number of carbonyl (C=O) groups excluding carboxylic acids is 2. The van der Waals surface area contributed by atoms with Gasteiger partial charge in [0.05, 0.1) is 18.7 Å². The number of amides is 3. The van der Waals surface area contributed by atoms with Crippen molar-refractivity contribution >= 4 is 17.6 Å². The second-order valence-corrected chi connectivity index (χ2v) is 7.65. The van der Waals surface area contributed by atoms with Gasteiger partial charge in [-0.15, -0.1) is 0 Å². The normalized spacial score (nSPS) is 11.5. The molecule has 1 N–H and O–H groups in total. The van der Waals surface area contributed by atoms with Gasteiger partial charge in [-0.25, -0.2) is 4.79 Å². The van der Waals surface area contributed by atoms with Gasteiger partial charge in [0.2, 0.25) is 5.91 Å². The molecule has 0 saturated carbocycles. The number of nitrogens with one attached hydrogen (secondary N) is 1. The van der Waals surface area contributed by atoms with Gasteiger partial charge in [0, 0.05) is 44.3 Å². The monoisotopic (exact) mass is 454 g/mol. The lowest BCUT2D eigenvalue weighted by atomic mass is 10.2. The van der Waals surface area contributed by atoms with Gasteiger partial charge in [-0.2, -0.15) is 13.2 Å². The molecule has 32 heavy (non-hydrogen) atoms. The Balaban J connectivity index is 2.09. The van der Waals surface area contributed by atoms with Crippen molar-refractivity contribution in [3.63, 3.8) is 0 Å². The third kappa shape index (κ3) is 7.01. The number of ether oxygens (including phenoxy) is 1. The number of aryl methyl sites for hydroxylation is 1. The van der Waals surface area contributed by atoms with Crippen molar-refractivity contribution in [1.29, 1.82) is 0 Å². The molecule has 2 rings (SSSR count). The van der Waals surface area contributed by atoms with Crippen molar-refractivity contribution in [3.05, 3.63) is 53.9 Å². The Morgan fingerprint density at radius 1 is 1.16 bits per heavy atom. The number of hydrogen-bond acceptors (Lipinski definition) is 3. The summed E-state index contributed by atoms with van der Waals surface area (Å²) in [6.07, 6.45) is -2.57. The van der Waals surface area contributed by atoms with E-state index in [1.54, 1.807) is 25.9 Å². The molecule has 176 valence electrons. The van der Waals surface area contributed by atoms with Crippen molar-refractivity contribution in [2.24, 2.45) is 7.05 Å². The number of aromatic nitrogens is 1. The predicted molar refractivity (Wildman–Crippen MR) is 115 cm³/mol. The van der Waals surface area contributed by atoms with Crippen LogP contribution >= 0.6 is 0 Å². The summed E-state index contributed by atoms with van der Waals surface area (Å²) in [5, 5.41) is 2.56. The van der Waals surface area contributed by atoms with Crippen molar-refractivity contribution in [1.82, 2.24) is 14.4 Å². The summed E-state index contributed by atoms with van der Waals surface area (Å²) < 4.78 is 45.2. The number of benzene rings is 1. The molecule has 0 saturated heterocycles. The molecular weight excluding hydrogens is 425 g/mol. The van der Waals surface area contributed by atoms with Crippen LogP contribution in [-0.2, 0) is 29.3 Å². The fourth-order valence-electron chi connectivity index (χ4n) is 3.02. The maximum atomic E-state index is 13.0. The molecule has 1 aromatic carbocycles. The van der Waals surface area contributed by atoms with Crippen LogP contribution in [0.1, 0.15) is 25.1 Å². The second kappa shape index (κ2) is 11.0. The van der Waals surface area contributed by atoms with Gasteiger partial charge in [-0.05, 0) is 50.2 Å². The van der Waals surface area contributed by atoms with E-state index in [0.29, 0.717) is 19.7 Å². The Morgan fingerprint density at radius 2 is 1.81 bits per heavy atom. The molecule has 0 atom stereocenters. The average molecular weight is 454 g/mol. The smallest absolute Gasteiger partial charge is 0.383 e. The van der Waals surface area contributed by atoms with Crippen LogP contribution in [0.4, 0.5) is 23.7 Å². The van der Waals surface area contributed by atoms with E-state index in [0.717, 1.165) is 17.8 Å².